The van der Waals surface area contributed by atoms with Crippen molar-refractivity contribution in [1.29, 1.82) is 0 Å². The fourth-order valence-corrected chi connectivity index (χ4v) is 3.86. The van der Waals surface area contributed by atoms with E-state index in [0.717, 1.165) is 11.8 Å². The normalized spacial score (nSPS) is 14.7. The summed E-state index contributed by atoms with van der Waals surface area (Å²) < 4.78 is 11.7. The Morgan fingerprint density at radius 3 is 2.64 bits per heavy atom. The monoisotopic (exact) mass is 510 g/mol. The summed E-state index contributed by atoms with van der Waals surface area (Å²) in [5, 5.41) is 4.55. The SMILES string of the molecule is COc1cc(/C=C2\SC(=O)NC2=O)cc(I)c1OCC(=O)Nc1ccccc1. The van der Waals surface area contributed by atoms with Crippen LogP contribution in [0, 0.1) is 3.57 Å². The Morgan fingerprint density at radius 2 is 2.00 bits per heavy atom. The highest BCUT2D eigenvalue weighted by molar-refractivity contribution is 14.1. The summed E-state index contributed by atoms with van der Waals surface area (Å²) >= 11 is 2.90. The number of amides is 3. The zero-order valence-electron chi connectivity index (χ0n) is 14.7. The average Bonchev–Trinajstić information content (AvgIpc) is 2.98. The molecule has 9 heteroatoms. The zero-order valence-corrected chi connectivity index (χ0v) is 17.6. The Labute approximate surface area is 179 Å². The molecule has 1 heterocycles. The highest BCUT2D eigenvalue weighted by atomic mass is 127. The van der Waals surface area contributed by atoms with Crippen molar-refractivity contribution in [1.82, 2.24) is 5.32 Å². The Balaban J connectivity index is 1.73. The molecular formula is C19H15IN2O5S. The second kappa shape index (κ2) is 9.11. The molecule has 0 unspecified atom stereocenters. The number of nitrogens with one attached hydrogen (secondary N) is 2. The van der Waals surface area contributed by atoms with E-state index in [-0.39, 0.29) is 12.5 Å². The second-order valence-corrected chi connectivity index (χ2v) is 7.77. The maximum atomic E-state index is 12.1. The number of benzene rings is 2. The molecule has 1 aliphatic rings. The summed E-state index contributed by atoms with van der Waals surface area (Å²) in [6.07, 6.45) is 1.60. The van der Waals surface area contributed by atoms with E-state index in [1.807, 2.05) is 18.2 Å². The summed E-state index contributed by atoms with van der Waals surface area (Å²) in [5.41, 5.74) is 1.36. The van der Waals surface area contributed by atoms with Crippen molar-refractivity contribution in [3.63, 3.8) is 0 Å². The van der Waals surface area contributed by atoms with Crippen LogP contribution in [0.3, 0.4) is 0 Å². The molecule has 0 spiro atoms. The summed E-state index contributed by atoms with van der Waals surface area (Å²) in [6.45, 7) is -0.186. The molecule has 144 valence electrons. The van der Waals surface area contributed by atoms with Crippen LogP contribution < -0.4 is 20.1 Å². The summed E-state index contributed by atoms with van der Waals surface area (Å²) in [6, 6.07) is 12.5. The van der Waals surface area contributed by atoms with Crippen molar-refractivity contribution in [2.75, 3.05) is 19.0 Å². The fraction of sp³-hybridized carbons (Fsp3) is 0.105. The summed E-state index contributed by atoms with van der Waals surface area (Å²) in [4.78, 5) is 35.4. The average molecular weight is 510 g/mol. The Morgan fingerprint density at radius 1 is 1.25 bits per heavy atom. The second-order valence-electron chi connectivity index (χ2n) is 5.59. The van der Waals surface area contributed by atoms with Gasteiger partial charge in [-0.15, -0.1) is 0 Å². The first kappa shape index (κ1) is 20.2. The number of carbonyl (C=O) groups is 3. The number of imide groups is 1. The van der Waals surface area contributed by atoms with Gasteiger partial charge in [-0.3, -0.25) is 19.7 Å². The van der Waals surface area contributed by atoms with Crippen molar-refractivity contribution in [3.05, 3.63) is 56.5 Å². The molecule has 3 amide bonds. The number of carbonyl (C=O) groups excluding carboxylic acids is 3. The number of para-hydroxylation sites is 1. The van der Waals surface area contributed by atoms with Gasteiger partial charge in [-0.25, -0.2) is 0 Å². The van der Waals surface area contributed by atoms with Crippen LogP contribution in [-0.2, 0) is 9.59 Å². The number of anilines is 1. The first-order chi connectivity index (χ1) is 13.5. The van der Waals surface area contributed by atoms with E-state index in [4.69, 9.17) is 9.47 Å². The van der Waals surface area contributed by atoms with Crippen LogP contribution in [0.2, 0.25) is 0 Å². The molecule has 3 rings (SSSR count). The van der Waals surface area contributed by atoms with Crippen LogP contribution in [0.25, 0.3) is 6.08 Å². The van der Waals surface area contributed by atoms with Crippen molar-refractivity contribution in [2.24, 2.45) is 0 Å². The van der Waals surface area contributed by atoms with Gasteiger partial charge >= 0.3 is 0 Å². The van der Waals surface area contributed by atoms with Crippen LogP contribution in [0.15, 0.2) is 47.4 Å². The van der Waals surface area contributed by atoms with Gasteiger partial charge in [0.2, 0.25) is 0 Å². The molecule has 0 aromatic heterocycles. The molecule has 0 atom stereocenters. The van der Waals surface area contributed by atoms with Crippen LogP contribution >= 0.6 is 34.4 Å². The number of rotatable bonds is 6. The quantitative estimate of drug-likeness (QED) is 0.456. The van der Waals surface area contributed by atoms with Gasteiger partial charge in [0.15, 0.2) is 18.1 Å². The van der Waals surface area contributed by atoms with Crippen molar-refractivity contribution < 1.29 is 23.9 Å². The molecule has 1 fully saturated rings. The predicted octanol–water partition coefficient (Wildman–Crippen LogP) is 3.64. The van der Waals surface area contributed by atoms with E-state index in [2.05, 4.69) is 33.2 Å². The highest BCUT2D eigenvalue weighted by Gasteiger charge is 2.25. The van der Waals surface area contributed by atoms with Crippen LogP contribution in [0.1, 0.15) is 5.56 Å². The lowest BCUT2D eigenvalue weighted by Gasteiger charge is -2.13. The maximum absolute atomic E-state index is 12.1. The fourth-order valence-electron chi connectivity index (χ4n) is 2.39. The van der Waals surface area contributed by atoms with Gasteiger partial charge < -0.3 is 14.8 Å². The molecule has 28 heavy (non-hydrogen) atoms. The van der Waals surface area contributed by atoms with Gasteiger partial charge in [0.05, 0.1) is 15.6 Å². The zero-order chi connectivity index (χ0) is 20.1. The van der Waals surface area contributed by atoms with Gasteiger partial charge in [-0.2, -0.15) is 0 Å². The largest absolute Gasteiger partial charge is 0.493 e. The first-order valence-corrected chi connectivity index (χ1v) is 9.96. The lowest BCUT2D eigenvalue weighted by molar-refractivity contribution is -0.118. The van der Waals surface area contributed by atoms with Gasteiger partial charge in [0, 0.05) is 5.69 Å². The van der Waals surface area contributed by atoms with Crippen LogP contribution in [0.5, 0.6) is 11.5 Å². The van der Waals surface area contributed by atoms with E-state index in [0.29, 0.717) is 31.2 Å². The Hall–Kier alpha value is -2.53. The molecule has 2 aromatic rings. The van der Waals surface area contributed by atoms with E-state index in [9.17, 15) is 14.4 Å². The molecule has 0 radical (unpaired) electrons. The number of hydrogen-bond donors (Lipinski definition) is 2. The van der Waals surface area contributed by atoms with Gasteiger partial charge in [-0.05, 0) is 70.3 Å². The minimum atomic E-state index is -0.429. The van der Waals surface area contributed by atoms with E-state index in [1.54, 1.807) is 30.3 Å². The lowest BCUT2D eigenvalue weighted by Crippen LogP contribution is -2.20. The van der Waals surface area contributed by atoms with Gasteiger partial charge in [-0.1, -0.05) is 18.2 Å². The van der Waals surface area contributed by atoms with Crippen LogP contribution in [-0.4, -0.2) is 30.8 Å². The number of halogens is 1. The van der Waals surface area contributed by atoms with E-state index < -0.39 is 11.1 Å². The first-order valence-electron chi connectivity index (χ1n) is 8.06. The van der Waals surface area contributed by atoms with E-state index >= 15 is 0 Å². The van der Waals surface area contributed by atoms with Crippen molar-refractivity contribution in [3.8, 4) is 11.5 Å². The topological polar surface area (TPSA) is 93.7 Å². The molecule has 2 N–H and O–H groups in total. The Kier molecular flexibility index (Phi) is 6.57. The number of thioether (sulfide) groups is 1. The molecule has 0 bridgehead atoms. The van der Waals surface area contributed by atoms with Crippen LogP contribution in [0.4, 0.5) is 10.5 Å². The molecular weight excluding hydrogens is 495 g/mol. The minimum absolute atomic E-state index is 0.186. The smallest absolute Gasteiger partial charge is 0.290 e. The molecule has 2 aromatic carbocycles. The van der Waals surface area contributed by atoms with Gasteiger partial charge in [0.1, 0.15) is 0 Å². The Bertz CT molecular complexity index is 962. The maximum Gasteiger partial charge on any atom is 0.290 e. The number of hydrogen-bond acceptors (Lipinski definition) is 6. The number of methoxy groups -OCH3 is 1. The van der Waals surface area contributed by atoms with Gasteiger partial charge in [0.25, 0.3) is 17.1 Å². The molecule has 1 saturated heterocycles. The third-order valence-electron chi connectivity index (χ3n) is 3.60. The third kappa shape index (κ3) is 5.04. The molecule has 1 aliphatic heterocycles. The summed E-state index contributed by atoms with van der Waals surface area (Å²) in [7, 11) is 1.49. The van der Waals surface area contributed by atoms with Crippen molar-refractivity contribution >= 4 is 63.2 Å². The number of ether oxygens (including phenoxy) is 2. The molecule has 7 nitrogen and oxygen atoms in total. The standard InChI is InChI=1S/C19H15IN2O5S/c1-26-14-8-11(9-15-18(24)22-19(25)28-15)7-13(20)17(14)27-10-16(23)21-12-5-3-2-4-6-12/h2-9H,10H2,1H3,(H,21,23)(H,22,24,25)/b15-9-. The lowest BCUT2D eigenvalue weighted by atomic mass is 10.2. The molecule has 0 saturated carbocycles. The predicted molar refractivity (Wildman–Crippen MR) is 115 cm³/mol. The minimum Gasteiger partial charge on any atom is -0.493 e. The van der Waals surface area contributed by atoms with E-state index in [1.165, 1.54) is 7.11 Å². The molecule has 0 aliphatic carbocycles. The summed E-state index contributed by atoms with van der Waals surface area (Å²) in [5.74, 6) is 0.115. The highest BCUT2D eigenvalue weighted by Crippen LogP contribution is 2.35. The van der Waals surface area contributed by atoms with Crippen molar-refractivity contribution in [2.45, 2.75) is 0 Å². The third-order valence-corrected chi connectivity index (χ3v) is 5.21.